The number of nitrogens with zero attached hydrogens (tertiary/aromatic N) is 1. The summed E-state index contributed by atoms with van der Waals surface area (Å²) in [6.45, 7) is 2.36. The SMILES string of the molecule is BrCC1CN1Cc1ccccc1. The van der Waals surface area contributed by atoms with E-state index in [0.29, 0.717) is 0 Å². The van der Waals surface area contributed by atoms with Gasteiger partial charge >= 0.3 is 0 Å². The van der Waals surface area contributed by atoms with E-state index in [1.807, 2.05) is 0 Å². The summed E-state index contributed by atoms with van der Waals surface area (Å²) in [6.07, 6.45) is 0. The van der Waals surface area contributed by atoms with Crippen molar-refractivity contribution in [3.05, 3.63) is 35.9 Å². The minimum absolute atomic E-state index is 0.783. The second-order valence-electron chi connectivity index (χ2n) is 3.22. The second kappa shape index (κ2) is 3.58. The van der Waals surface area contributed by atoms with Crippen LogP contribution in [0.15, 0.2) is 30.3 Å². The van der Waals surface area contributed by atoms with Crippen molar-refractivity contribution in [3.8, 4) is 0 Å². The highest BCUT2D eigenvalue weighted by Crippen LogP contribution is 2.22. The van der Waals surface area contributed by atoms with Crippen molar-refractivity contribution >= 4 is 15.9 Å². The van der Waals surface area contributed by atoms with Crippen LogP contribution in [0.1, 0.15) is 5.56 Å². The van der Waals surface area contributed by atoms with E-state index < -0.39 is 0 Å². The van der Waals surface area contributed by atoms with Gasteiger partial charge < -0.3 is 0 Å². The molecule has 1 aliphatic heterocycles. The topological polar surface area (TPSA) is 3.01 Å². The molecule has 2 unspecified atom stereocenters. The molecule has 0 radical (unpaired) electrons. The van der Waals surface area contributed by atoms with Gasteiger partial charge in [-0.2, -0.15) is 0 Å². The van der Waals surface area contributed by atoms with E-state index in [2.05, 4.69) is 51.2 Å². The van der Waals surface area contributed by atoms with E-state index in [9.17, 15) is 0 Å². The Labute approximate surface area is 81.5 Å². The van der Waals surface area contributed by atoms with Crippen molar-refractivity contribution in [2.24, 2.45) is 0 Å². The standard InChI is InChI=1S/C10H12BrN/c11-6-10-8-12(10)7-9-4-2-1-3-5-9/h1-5,10H,6-8H2. The molecule has 0 saturated carbocycles. The third kappa shape index (κ3) is 1.87. The average Bonchev–Trinajstić information content (AvgIpc) is 2.85. The number of halogens is 1. The predicted octanol–water partition coefficient (Wildman–Crippen LogP) is 2.27. The summed E-state index contributed by atoms with van der Waals surface area (Å²) in [4.78, 5) is 2.46. The van der Waals surface area contributed by atoms with Gasteiger partial charge in [-0.05, 0) is 5.56 Å². The molecule has 1 heterocycles. The lowest BCUT2D eigenvalue weighted by Gasteiger charge is -2.01. The van der Waals surface area contributed by atoms with Gasteiger partial charge in [-0.1, -0.05) is 46.3 Å². The molecule has 2 rings (SSSR count). The highest BCUT2D eigenvalue weighted by Gasteiger charge is 2.31. The molecule has 64 valence electrons. The van der Waals surface area contributed by atoms with Crippen LogP contribution in [-0.4, -0.2) is 22.8 Å². The van der Waals surface area contributed by atoms with Crippen molar-refractivity contribution < 1.29 is 0 Å². The maximum Gasteiger partial charge on any atom is 0.0324 e. The molecule has 0 amide bonds. The number of rotatable bonds is 3. The number of alkyl halides is 1. The summed E-state index contributed by atoms with van der Waals surface area (Å²) in [5.74, 6) is 0. The van der Waals surface area contributed by atoms with Crippen molar-refractivity contribution in [2.75, 3.05) is 11.9 Å². The minimum atomic E-state index is 0.783. The van der Waals surface area contributed by atoms with E-state index in [-0.39, 0.29) is 0 Å². The van der Waals surface area contributed by atoms with E-state index in [4.69, 9.17) is 0 Å². The van der Waals surface area contributed by atoms with Gasteiger partial charge in [0.1, 0.15) is 0 Å². The third-order valence-corrected chi connectivity index (χ3v) is 2.98. The van der Waals surface area contributed by atoms with Gasteiger partial charge in [0.25, 0.3) is 0 Å². The van der Waals surface area contributed by atoms with E-state index in [1.54, 1.807) is 0 Å². The summed E-state index contributed by atoms with van der Waals surface area (Å²) in [7, 11) is 0. The Morgan fingerprint density at radius 1 is 1.33 bits per heavy atom. The molecular weight excluding hydrogens is 214 g/mol. The average molecular weight is 226 g/mol. The number of benzene rings is 1. The van der Waals surface area contributed by atoms with Crippen LogP contribution >= 0.6 is 15.9 Å². The Kier molecular flexibility index (Phi) is 2.47. The summed E-state index contributed by atoms with van der Waals surface area (Å²) < 4.78 is 0. The fraction of sp³-hybridized carbons (Fsp3) is 0.400. The molecule has 0 aromatic heterocycles. The molecule has 1 fully saturated rings. The van der Waals surface area contributed by atoms with Gasteiger partial charge in [-0.25, -0.2) is 0 Å². The maximum atomic E-state index is 3.49. The van der Waals surface area contributed by atoms with Gasteiger partial charge in [-0.3, -0.25) is 4.90 Å². The van der Waals surface area contributed by atoms with Crippen LogP contribution in [0.5, 0.6) is 0 Å². The lowest BCUT2D eigenvalue weighted by atomic mass is 10.2. The molecule has 12 heavy (non-hydrogen) atoms. The van der Waals surface area contributed by atoms with Crippen molar-refractivity contribution in [3.63, 3.8) is 0 Å². The first-order chi connectivity index (χ1) is 5.90. The van der Waals surface area contributed by atoms with Crippen LogP contribution in [0.2, 0.25) is 0 Å². The zero-order valence-electron chi connectivity index (χ0n) is 6.91. The Morgan fingerprint density at radius 2 is 2.08 bits per heavy atom. The minimum Gasteiger partial charge on any atom is -0.292 e. The lowest BCUT2D eigenvalue weighted by molar-refractivity contribution is 0.518. The van der Waals surface area contributed by atoms with Crippen LogP contribution in [0.25, 0.3) is 0 Å². The fourth-order valence-electron chi connectivity index (χ4n) is 1.38. The Hall–Kier alpha value is -0.340. The normalized spacial score (nSPS) is 27.1. The molecule has 1 aromatic rings. The smallest absolute Gasteiger partial charge is 0.0324 e. The quantitative estimate of drug-likeness (QED) is 0.564. The maximum absolute atomic E-state index is 3.49. The van der Waals surface area contributed by atoms with E-state index in [0.717, 1.165) is 17.9 Å². The van der Waals surface area contributed by atoms with E-state index in [1.165, 1.54) is 12.1 Å². The predicted molar refractivity (Wildman–Crippen MR) is 54.4 cm³/mol. The Balaban J connectivity index is 1.89. The first-order valence-electron chi connectivity index (χ1n) is 4.24. The van der Waals surface area contributed by atoms with Crippen LogP contribution < -0.4 is 0 Å². The molecule has 1 aromatic carbocycles. The zero-order chi connectivity index (χ0) is 8.39. The number of hydrogen-bond donors (Lipinski definition) is 0. The molecule has 2 atom stereocenters. The Morgan fingerprint density at radius 3 is 2.67 bits per heavy atom. The number of hydrogen-bond acceptors (Lipinski definition) is 1. The van der Waals surface area contributed by atoms with Crippen LogP contribution in [0, 0.1) is 0 Å². The lowest BCUT2D eigenvalue weighted by Crippen LogP contribution is -2.02. The van der Waals surface area contributed by atoms with Crippen LogP contribution in [0.3, 0.4) is 0 Å². The highest BCUT2D eigenvalue weighted by atomic mass is 79.9. The van der Waals surface area contributed by atoms with Gasteiger partial charge in [0.15, 0.2) is 0 Å². The summed E-state index contributed by atoms with van der Waals surface area (Å²) in [5.41, 5.74) is 1.42. The molecule has 1 nitrogen and oxygen atoms in total. The molecule has 1 saturated heterocycles. The molecular formula is C10H12BrN. The van der Waals surface area contributed by atoms with Crippen LogP contribution in [0.4, 0.5) is 0 Å². The second-order valence-corrected chi connectivity index (χ2v) is 3.87. The Bertz CT molecular complexity index is 247. The van der Waals surface area contributed by atoms with Crippen molar-refractivity contribution in [1.82, 2.24) is 4.90 Å². The monoisotopic (exact) mass is 225 g/mol. The molecule has 2 heteroatoms. The van der Waals surface area contributed by atoms with Crippen LogP contribution in [-0.2, 0) is 6.54 Å². The van der Waals surface area contributed by atoms with Gasteiger partial charge in [0.2, 0.25) is 0 Å². The summed E-state index contributed by atoms with van der Waals surface area (Å²) in [5, 5.41) is 1.11. The summed E-state index contributed by atoms with van der Waals surface area (Å²) >= 11 is 3.49. The van der Waals surface area contributed by atoms with E-state index >= 15 is 0 Å². The summed E-state index contributed by atoms with van der Waals surface area (Å²) in [6, 6.07) is 11.4. The molecule has 0 spiro atoms. The van der Waals surface area contributed by atoms with Gasteiger partial charge in [-0.15, -0.1) is 0 Å². The van der Waals surface area contributed by atoms with Gasteiger partial charge in [0, 0.05) is 24.5 Å². The van der Waals surface area contributed by atoms with Crippen molar-refractivity contribution in [2.45, 2.75) is 12.6 Å². The highest BCUT2D eigenvalue weighted by molar-refractivity contribution is 9.09. The molecule has 0 aliphatic carbocycles. The molecule has 0 N–H and O–H groups in total. The largest absolute Gasteiger partial charge is 0.292 e. The van der Waals surface area contributed by atoms with Gasteiger partial charge in [0.05, 0.1) is 0 Å². The van der Waals surface area contributed by atoms with Crippen molar-refractivity contribution in [1.29, 1.82) is 0 Å². The zero-order valence-corrected chi connectivity index (χ0v) is 8.50. The first kappa shape index (κ1) is 8.27. The molecule has 0 bridgehead atoms. The fourth-order valence-corrected chi connectivity index (χ4v) is 2.00. The first-order valence-corrected chi connectivity index (χ1v) is 5.36. The molecule has 1 aliphatic rings. The third-order valence-electron chi connectivity index (χ3n) is 2.23.